The van der Waals surface area contributed by atoms with Crippen molar-refractivity contribution < 1.29 is 23.8 Å². The van der Waals surface area contributed by atoms with Gasteiger partial charge in [-0.05, 0) is 36.4 Å². The minimum atomic E-state index is -0.904. The lowest BCUT2D eigenvalue weighted by atomic mass is 10.2. The molecule has 0 heterocycles. The average molecular weight is 357 g/mol. The second-order valence-corrected chi connectivity index (χ2v) is 4.96. The van der Waals surface area contributed by atoms with Crippen LogP contribution in [0.2, 0.25) is 0 Å². The van der Waals surface area contributed by atoms with E-state index in [1.165, 1.54) is 27.5 Å². The summed E-state index contributed by atoms with van der Waals surface area (Å²) in [6, 6.07) is 11.8. The highest BCUT2D eigenvalue weighted by atomic mass is 16.5. The molecule has 0 radical (unpaired) electrons. The van der Waals surface area contributed by atoms with E-state index in [2.05, 4.69) is 15.8 Å². The van der Waals surface area contributed by atoms with E-state index in [0.29, 0.717) is 28.5 Å². The predicted octanol–water partition coefficient (Wildman–Crippen LogP) is 1.80. The van der Waals surface area contributed by atoms with Gasteiger partial charge >= 0.3 is 11.8 Å². The van der Waals surface area contributed by atoms with Crippen LogP contribution in [-0.2, 0) is 9.59 Å². The molecule has 0 unspecified atom stereocenters. The minimum Gasteiger partial charge on any atom is -0.497 e. The quantitative estimate of drug-likeness (QED) is 0.467. The second-order valence-electron chi connectivity index (χ2n) is 4.96. The summed E-state index contributed by atoms with van der Waals surface area (Å²) in [7, 11) is 4.55. The normalized spacial score (nSPS) is 10.3. The Bertz CT molecular complexity index is 803. The first-order valence-electron chi connectivity index (χ1n) is 7.58. The highest BCUT2D eigenvalue weighted by Crippen LogP contribution is 2.29. The molecule has 2 aromatic rings. The topological polar surface area (TPSA) is 98.2 Å². The van der Waals surface area contributed by atoms with Crippen LogP contribution in [0.1, 0.15) is 5.56 Å². The molecule has 0 fully saturated rings. The molecule has 8 nitrogen and oxygen atoms in total. The summed E-state index contributed by atoms with van der Waals surface area (Å²) in [5, 5.41) is 6.23. The smallest absolute Gasteiger partial charge is 0.329 e. The number of carbonyl (C=O) groups excluding carboxylic acids is 2. The monoisotopic (exact) mass is 357 g/mol. The Kier molecular flexibility index (Phi) is 6.55. The lowest BCUT2D eigenvalue weighted by molar-refractivity contribution is -0.136. The molecule has 0 saturated carbocycles. The number of hydrogen-bond acceptors (Lipinski definition) is 6. The van der Waals surface area contributed by atoms with Crippen LogP contribution in [0.25, 0.3) is 0 Å². The maximum Gasteiger partial charge on any atom is 0.329 e. The second kappa shape index (κ2) is 9.07. The fraction of sp³-hybridized carbons (Fsp3) is 0.167. The van der Waals surface area contributed by atoms with E-state index >= 15 is 0 Å². The lowest BCUT2D eigenvalue weighted by Crippen LogP contribution is -2.32. The van der Waals surface area contributed by atoms with Crippen molar-refractivity contribution in [2.45, 2.75) is 0 Å². The molecule has 0 spiro atoms. The molecular formula is C18H19N3O5. The number of carbonyl (C=O) groups is 2. The van der Waals surface area contributed by atoms with Gasteiger partial charge in [-0.25, -0.2) is 5.43 Å². The molecule has 0 aliphatic rings. The lowest BCUT2D eigenvalue weighted by Gasteiger charge is -2.09. The zero-order valence-corrected chi connectivity index (χ0v) is 14.6. The molecule has 8 heteroatoms. The SMILES string of the molecule is COc1ccc(NC(=O)C(=O)N/N=C\c2cccc(OC)c2OC)cc1. The van der Waals surface area contributed by atoms with Crippen LogP contribution in [0.15, 0.2) is 47.6 Å². The highest BCUT2D eigenvalue weighted by Gasteiger charge is 2.13. The number of benzene rings is 2. The Hall–Kier alpha value is -3.55. The third kappa shape index (κ3) is 4.73. The van der Waals surface area contributed by atoms with Crippen LogP contribution in [-0.4, -0.2) is 39.4 Å². The van der Waals surface area contributed by atoms with Gasteiger partial charge in [-0.3, -0.25) is 9.59 Å². The molecule has 0 aromatic heterocycles. The molecule has 136 valence electrons. The van der Waals surface area contributed by atoms with Crippen LogP contribution in [0.3, 0.4) is 0 Å². The summed E-state index contributed by atoms with van der Waals surface area (Å²) in [6.45, 7) is 0. The number of rotatable bonds is 6. The van der Waals surface area contributed by atoms with Gasteiger partial charge in [0.25, 0.3) is 0 Å². The molecule has 0 aliphatic heterocycles. The predicted molar refractivity (Wildman–Crippen MR) is 96.9 cm³/mol. The molecular weight excluding hydrogens is 338 g/mol. The maximum absolute atomic E-state index is 11.9. The number of hydrazone groups is 1. The number of hydrogen-bond donors (Lipinski definition) is 2. The number of para-hydroxylation sites is 1. The van der Waals surface area contributed by atoms with E-state index in [1.54, 1.807) is 42.5 Å². The van der Waals surface area contributed by atoms with Crippen LogP contribution >= 0.6 is 0 Å². The number of nitrogens with zero attached hydrogens (tertiary/aromatic N) is 1. The van der Waals surface area contributed by atoms with Crippen molar-refractivity contribution in [2.75, 3.05) is 26.6 Å². The standard InChI is InChI=1S/C18H19N3O5/c1-24-14-9-7-13(8-10-14)20-17(22)18(23)21-19-11-12-5-4-6-15(25-2)16(12)26-3/h4-11H,1-3H3,(H,20,22)(H,21,23)/b19-11-. The Balaban J connectivity index is 1.97. The average Bonchev–Trinajstić information content (AvgIpc) is 2.68. The summed E-state index contributed by atoms with van der Waals surface area (Å²) in [4.78, 5) is 23.7. The van der Waals surface area contributed by atoms with Crippen molar-refractivity contribution in [2.24, 2.45) is 5.10 Å². The van der Waals surface area contributed by atoms with E-state index in [0.717, 1.165) is 0 Å². The summed E-state index contributed by atoms with van der Waals surface area (Å²) in [6.07, 6.45) is 1.36. The number of nitrogens with one attached hydrogen (secondary N) is 2. The Morgan fingerprint density at radius 3 is 2.27 bits per heavy atom. The van der Waals surface area contributed by atoms with Gasteiger partial charge in [0.15, 0.2) is 11.5 Å². The van der Waals surface area contributed by atoms with E-state index in [-0.39, 0.29) is 0 Å². The van der Waals surface area contributed by atoms with Crippen LogP contribution in [0, 0.1) is 0 Å². The Labute approximate surface area is 150 Å². The fourth-order valence-corrected chi connectivity index (χ4v) is 2.09. The van der Waals surface area contributed by atoms with E-state index in [1.807, 2.05) is 0 Å². The number of ether oxygens (including phenoxy) is 3. The van der Waals surface area contributed by atoms with Crippen LogP contribution in [0.4, 0.5) is 5.69 Å². The van der Waals surface area contributed by atoms with Gasteiger partial charge in [-0.15, -0.1) is 0 Å². The van der Waals surface area contributed by atoms with Gasteiger partial charge in [0.05, 0.1) is 27.5 Å². The van der Waals surface area contributed by atoms with Gasteiger partial charge in [0, 0.05) is 11.3 Å². The van der Waals surface area contributed by atoms with E-state index < -0.39 is 11.8 Å². The molecule has 0 aliphatic carbocycles. The molecule has 2 rings (SSSR count). The van der Waals surface area contributed by atoms with Gasteiger partial charge in [-0.2, -0.15) is 5.10 Å². The first-order chi connectivity index (χ1) is 12.6. The van der Waals surface area contributed by atoms with Crippen molar-refractivity contribution in [3.05, 3.63) is 48.0 Å². The largest absolute Gasteiger partial charge is 0.497 e. The Morgan fingerprint density at radius 1 is 0.923 bits per heavy atom. The molecule has 2 aromatic carbocycles. The van der Waals surface area contributed by atoms with Gasteiger partial charge in [0.1, 0.15) is 5.75 Å². The van der Waals surface area contributed by atoms with Gasteiger partial charge in [0.2, 0.25) is 0 Å². The zero-order chi connectivity index (χ0) is 18.9. The van der Waals surface area contributed by atoms with E-state index in [4.69, 9.17) is 14.2 Å². The van der Waals surface area contributed by atoms with Crippen molar-refractivity contribution >= 4 is 23.7 Å². The van der Waals surface area contributed by atoms with E-state index in [9.17, 15) is 9.59 Å². The molecule has 0 atom stereocenters. The molecule has 2 amide bonds. The van der Waals surface area contributed by atoms with Crippen LogP contribution < -0.4 is 25.0 Å². The third-order valence-electron chi connectivity index (χ3n) is 3.36. The van der Waals surface area contributed by atoms with Crippen molar-refractivity contribution in [3.8, 4) is 17.2 Å². The molecule has 26 heavy (non-hydrogen) atoms. The number of amides is 2. The highest BCUT2D eigenvalue weighted by molar-refractivity contribution is 6.39. The molecule has 0 saturated heterocycles. The fourth-order valence-electron chi connectivity index (χ4n) is 2.09. The molecule has 0 bridgehead atoms. The summed E-state index contributed by atoms with van der Waals surface area (Å²) in [5.41, 5.74) is 3.21. The Morgan fingerprint density at radius 2 is 1.65 bits per heavy atom. The minimum absolute atomic E-state index is 0.462. The number of methoxy groups -OCH3 is 3. The van der Waals surface area contributed by atoms with Crippen molar-refractivity contribution in [3.63, 3.8) is 0 Å². The van der Waals surface area contributed by atoms with Gasteiger partial charge < -0.3 is 19.5 Å². The molecule has 2 N–H and O–H groups in total. The van der Waals surface area contributed by atoms with Crippen LogP contribution in [0.5, 0.6) is 17.2 Å². The summed E-state index contributed by atoms with van der Waals surface area (Å²) in [5.74, 6) is -0.108. The maximum atomic E-state index is 11.9. The van der Waals surface area contributed by atoms with Crippen molar-refractivity contribution in [1.82, 2.24) is 5.43 Å². The first-order valence-corrected chi connectivity index (χ1v) is 7.58. The van der Waals surface area contributed by atoms with Crippen molar-refractivity contribution in [1.29, 1.82) is 0 Å². The zero-order valence-electron chi connectivity index (χ0n) is 14.6. The van der Waals surface area contributed by atoms with Gasteiger partial charge in [-0.1, -0.05) is 6.07 Å². The summed E-state index contributed by atoms with van der Waals surface area (Å²) < 4.78 is 15.5. The number of anilines is 1. The summed E-state index contributed by atoms with van der Waals surface area (Å²) >= 11 is 0. The third-order valence-corrected chi connectivity index (χ3v) is 3.36. The first kappa shape index (κ1) is 18.8.